The monoisotopic (exact) mass is 231 g/mol. The lowest BCUT2D eigenvalue weighted by molar-refractivity contribution is 0.0838. The summed E-state index contributed by atoms with van der Waals surface area (Å²) in [6, 6.07) is 6.21. The minimum atomic E-state index is 0.522. The lowest BCUT2D eigenvalue weighted by Crippen LogP contribution is -2.15. The number of aromatic nitrogens is 2. The molecule has 17 heavy (non-hydrogen) atoms. The van der Waals surface area contributed by atoms with Crippen molar-refractivity contribution in [2.45, 2.75) is 18.8 Å². The van der Waals surface area contributed by atoms with Crippen molar-refractivity contribution in [3.05, 3.63) is 24.0 Å². The second-order valence-corrected chi connectivity index (χ2v) is 4.49. The smallest absolute Gasteiger partial charge is 0.110 e. The molecule has 0 unspecified atom stereocenters. The Hall–Kier alpha value is -1.55. The molecule has 90 valence electrons. The topological polar surface area (TPSA) is 49.9 Å². The summed E-state index contributed by atoms with van der Waals surface area (Å²) in [4.78, 5) is 8.11. The Kier molecular flexibility index (Phi) is 2.73. The van der Waals surface area contributed by atoms with Crippen molar-refractivity contribution in [2.24, 2.45) is 0 Å². The Morgan fingerprint density at radius 3 is 2.94 bits per heavy atom. The molecule has 1 aliphatic heterocycles. The van der Waals surface area contributed by atoms with Crippen molar-refractivity contribution in [1.29, 1.82) is 0 Å². The second-order valence-electron chi connectivity index (χ2n) is 4.49. The van der Waals surface area contributed by atoms with Gasteiger partial charge in [-0.15, -0.1) is 0 Å². The van der Waals surface area contributed by atoms with Gasteiger partial charge in [0.25, 0.3) is 0 Å². The van der Waals surface area contributed by atoms with Crippen LogP contribution in [0, 0.1) is 0 Å². The minimum Gasteiger partial charge on any atom is -0.388 e. The fraction of sp³-hybridized carbons (Fsp3) is 0.462. The van der Waals surface area contributed by atoms with Crippen molar-refractivity contribution in [2.75, 3.05) is 25.6 Å². The van der Waals surface area contributed by atoms with Crippen molar-refractivity contribution in [3.63, 3.8) is 0 Å². The fourth-order valence-electron chi connectivity index (χ4n) is 2.35. The van der Waals surface area contributed by atoms with Gasteiger partial charge in [-0.05, 0) is 31.0 Å². The van der Waals surface area contributed by atoms with Crippen LogP contribution in [0.1, 0.15) is 24.6 Å². The quantitative estimate of drug-likeness (QED) is 0.835. The van der Waals surface area contributed by atoms with Gasteiger partial charge < -0.3 is 15.0 Å². The van der Waals surface area contributed by atoms with Crippen LogP contribution >= 0.6 is 0 Å². The zero-order valence-corrected chi connectivity index (χ0v) is 9.99. The molecule has 0 aliphatic carbocycles. The Labute approximate surface area is 100 Å². The standard InChI is InChI=1S/C13H17N3O/c1-14-10-2-3-11-12(8-10)16-13(15-11)9-4-6-17-7-5-9/h2-3,8-9,14H,4-7H2,1H3,(H,15,16). The van der Waals surface area contributed by atoms with E-state index < -0.39 is 0 Å². The van der Waals surface area contributed by atoms with Crippen molar-refractivity contribution < 1.29 is 4.74 Å². The maximum absolute atomic E-state index is 5.38. The molecule has 0 saturated carbocycles. The van der Waals surface area contributed by atoms with Crippen LogP contribution in [0.2, 0.25) is 0 Å². The molecule has 1 saturated heterocycles. The van der Waals surface area contributed by atoms with Crippen molar-refractivity contribution in [1.82, 2.24) is 9.97 Å². The van der Waals surface area contributed by atoms with E-state index in [1.807, 2.05) is 7.05 Å². The second kappa shape index (κ2) is 4.37. The highest BCUT2D eigenvalue weighted by atomic mass is 16.5. The van der Waals surface area contributed by atoms with E-state index in [4.69, 9.17) is 4.74 Å². The SMILES string of the molecule is CNc1ccc2nc(C3CCOCC3)[nH]c2c1. The lowest BCUT2D eigenvalue weighted by atomic mass is 10.00. The summed E-state index contributed by atoms with van der Waals surface area (Å²) in [5.41, 5.74) is 3.27. The highest BCUT2D eigenvalue weighted by molar-refractivity contribution is 5.79. The average Bonchev–Trinajstić information content (AvgIpc) is 2.82. The van der Waals surface area contributed by atoms with Gasteiger partial charge in [0.2, 0.25) is 0 Å². The number of ether oxygens (including phenoxy) is 1. The average molecular weight is 231 g/mol. The Balaban J connectivity index is 1.95. The number of anilines is 1. The molecule has 0 atom stereocenters. The first-order valence-corrected chi connectivity index (χ1v) is 6.12. The predicted octanol–water partition coefficient (Wildman–Crippen LogP) is 2.50. The van der Waals surface area contributed by atoms with Crippen molar-refractivity contribution in [3.8, 4) is 0 Å². The zero-order chi connectivity index (χ0) is 11.7. The number of imidazole rings is 1. The molecule has 1 aliphatic rings. The van der Waals surface area contributed by atoms with E-state index in [-0.39, 0.29) is 0 Å². The van der Waals surface area contributed by atoms with Gasteiger partial charge in [0, 0.05) is 31.9 Å². The molecule has 2 aromatic rings. The molecule has 1 fully saturated rings. The molecule has 2 heterocycles. The number of nitrogens with zero attached hydrogens (tertiary/aromatic N) is 1. The number of hydrogen-bond donors (Lipinski definition) is 2. The molecule has 4 heteroatoms. The molecule has 0 spiro atoms. The van der Waals surface area contributed by atoms with E-state index in [1.165, 1.54) is 0 Å². The summed E-state index contributed by atoms with van der Waals surface area (Å²) in [6.45, 7) is 1.70. The molecule has 0 amide bonds. The van der Waals surface area contributed by atoms with E-state index in [1.54, 1.807) is 0 Å². The molecule has 4 nitrogen and oxygen atoms in total. The van der Waals surface area contributed by atoms with Crippen LogP contribution in [-0.4, -0.2) is 30.2 Å². The first-order valence-electron chi connectivity index (χ1n) is 6.12. The number of aromatic amines is 1. The Bertz CT molecular complexity index is 514. The highest BCUT2D eigenvalue weighted by Gasteiger charge is 2.19. The van der Waals surface area contributed by atoms with E-state index in [0.29, 0.717) is 5.92 Å². The van der Waals surface area contributed by atoms with Gasteiger partial charge >= 0.3 is 0 Å². The molecular formula is C13H17N3O. The molecule has 1 aromatic heterocycles. The normalized spacial score (nSPS) is 17.5. The van der Waals surface area contributed by atoms with Crippen LogP contribution in [-0.2, 0) is 4.74 Å². The van der Waals surface area contributed by atoms with E-state index in [9.17, 15) is 0 Å². The van der Waals surface area contributed by atoms with Crippen LogP contribution in [0.5, 0.6) is 0 Å². The van der Waals surface area contributed by atoms with Gasteiger partial charge in [-0.2, -0.15) is 0 Å². The van der Waals surface area contributed by atoms with Crippen LogP contribution in [0.25, 0.3) is 11.0 Å². The number of nitrogens with one attached hydrogen (secondary N) is 2. The maximum atomic E-state index is 5.38. The number of fused-ring (bicyclic) bond motifs is 1. The zero-order valence-electron chi connectivity index (χ0n) is 9.99. The third kappa shape index (κ3) is 2.00. The summed E-state index contributed by atoms with van der Waals surface area (Å²) in [5.74, 6) is 1.63. The number of H-pyrrole nitrogens is 1. The van der Waals surface area contributed by atoms with Gasteiger partial charge in [-0.1, -0.05) is 0 Å². The summed E-state index contributed by atoms with van der Waals surface area (Å²) >= 11 is 0. The summed E-state index contributed by atoms with van der Waals surface area (Å²) in [6.07, 6.45) is 2.14. The molecule has 3 rings (SSSR count). The first kappa shape index (κ1) is 10.6. The Morgan fingerprint density at radius 2 is 2.18 bits per heavy atom. The van der Waals surface area contributed by atoms with Crippen LogP contribution in [0.4, 0.5) is 5.69 Å². The van der Waals surface area contributed by atoms with Gasteiger partial charge in [0.15, 0.2) is 0 Å². The van der Waals surface area contributed by atoms with Gasteiger partial charge in [0.1, 0.15) is 5.82 Å². The maximum Gasteiger partial charge on any atom is 0.110 e. The van der Waals surface area contributed by atoms with Crippen LogP contribution in [0.3, 0.4) is 0 Å². The predicted molar refractivity (Wildman–Crippen MR) is 68.4 cm³/mol. The molecule has 0 radical (unpaired) electrons. The van der Waals surface area contributed by atoms with E-state index in [0.717, 1.165) is 48.6 Å². The number of rotatable bonds is 2. The summed E-state index contributed by atoms with van der Waals surface area (Å²) in [5, 5.41) is 3.14. The van der Waals surface area contributed by atoms with Crippen LogP contribution in [0.15, 0.2) is 18.2 Å². The minimum absolute atomic E-state index is 0.522. The third-order valence-electron chi connectivity index (χ3n) is 3.40. The first-order chi connectivity index (χ1) is 8.36. The lowest BCUT2D eigenvalue weighted by Gasteiger charge is -2.19. The number of hydrogen-bond acceptors (Lipinski definition) is 3. The van der Waals surface area contributed by atoms with Gasteiger partial charge in [-0.3, -0.25) is 0 Å². The van der Waals surface area contributed by atoms with Gasteiger partial charge in [-0.25, -0.2) is 4.98 Å². The van der Waals surface area contributed by atoms with Crippen molar-refractivity contribution >= 4 is 16.7 Å². The number of benzene rings is 1. The molecule has 1 aromatic carbocycles. The highest BCUT2D eigenvalue weighted by Crippen LogP contribution is 2.27. The van der Waals surface area contributed by atoms with E-state index in [2.05, 4.69) is 33.5 Å². The fourth-order valence-corrected chi connectivity index (χ4v) is 2.35. The molecule has 0 bridgehead atoms. The molecular weight excluding hydrogens is 214 g/mol. The van der Waals surface area contributed by atoms with E-state index >= 15 is 0 Å². The van der Waals surface area contributed by atoms with Gasteiger partial charge in [0.05, 0.1) is 11.0 Å². The third-order valence-corrected chi connectivity index (χ3v) is 3.40. The summed E-state index contributed by atoms with van der Waals surface area (Å²) < 4.78 is 5.38. The molecule has 2 N–H and O–H groups in total. The van der Waals surface area contributed by atoms with Crippen LogP contribution < -0.4 is 5.32 Å². The Morgan fingerprint density at radius 1 is 1.35 bits per heavy atom. The largest absolute Gasteiger partial charge is 0.388 e. The summed E-state index contributed by atoms with van der Waals surface area (Å²) in [7, 11) is 1.93.